The SMILES string of the molecule is CN1CCN(c2ccc(Nc3nc4c(-c5cnn(C)c5)nccn4n3)cc2)CC1. The second kappa shape index (κ2) is 7.17. The van der Waals surface area contributed by atoms with Crippen LogP contribution in [-0.4, -0.2) is 67.5 Å². The summed E-state index contributed by atoms with van der Waals surface area (Å²) >= 11 is 0. The van der Waals surface area contributed by atoms with Gasteiger partial charge in [0.15, 0.2) is 5.65 Å². The van der Waals surface area contributed by atoms with Crippen LogP contribution < -0.4 is 10.2 Å². The Balaban J connectivity index is 1.36. The molecule has 0 amide bonds. The number of anilines is 3. The highest BCUT2D eigenvalue weighted by atomic mass is 15.4. The van der Waals surface area contributed by atoms with Gasteiger partial charge in [-0.1, -0.05) is 0 Å². The molecule has 1 saturated heterocycles. The molecule has 1 N–H and O–H groups in total. The Hall–Kier alpha value is -3.46. The van der Waals surface area contributed by atoms with Gasteiger partial charge in [-0.25, -0.2) is 4.52 Å². The molecule has 4 heterocycles. The Bertz CT molecular complexity index is 1120. The summed E-state index contributed by atoms with van der Waals surface area (Å²) in [4.78, 5) is 13.9. The highest BCUT2D eigenvalue weighted by Crippen LogP contribution is 2.24. The number of likely N-dealkylation sites (N-methyl/N-ethyl adjacent to an activating group) is 1. The molecule has 9 nitrogen and oxygen atoms in total. The monoisotopic (exact) mass is 389 g/mol. The van der Waals surface area contributed by atoms with Gasteiger partial charge in [0, 0.05) is 68.8 Å². The Morgan fingerprint density at radius 3 is 2.52 bits per heavy atom. The van der Waals surface area contributed by atoms with Crippen molar-refractivity contribution < 1.29 is 0 Å². The fourth-order valence-corrected chi connectivity index (χ4v) is 3.57. The van der Waals surface area contributed by atoms with Gasteiger partial charge in [-0.3, -0.25) is 9.67 Å². The molecule has 0 aliphatic carbocycles. The van der Waals surface area contributed by atoms with Crippen LogP contribution in [-0.2, 0) is 7.05 Å². The molecule has 3 aromatic heterocycles. The maximum atomic E-state index is 4.64. The van der Waals surface area contributed by atoms with Gasteiger partial charge in [-0.15, -0.1) is 5.10 Å². The minimum absolute atomic E-state index is 0.537. The summed E-state index contributed by atoms with van der Waals surface area (Å²) in [5, 5.41) is 12.1. The summed E-state index contributed by atoms with van der Waals surface area (Å²) in [5.74, 6) is 0.537. The molecule has 0 bridgehead atoms. The Morgan fingerprint density at radius 1 is 1.00 bits per heavy atom. The van der Waals surface area contributed by atoms with Crippen LogP contribution in [0.1, 0.15) is 0 Å². The first-order chi connectivity index (χ1) is 14.2. The van der Waals surface area contributed by atoms with Gasteiger partial charge >= 0.3 is 0 Å². The van der Waals surface area contributed by atoms with E-state index in [4.69, 9.17) is 0 Å². The third-order valence-electron chi connectivity index (χ3n) is 5.22. The van der Waals surface area contributed by atoms with E-state index in [1.165, 1.54) is 5.69 Å². The third kappa shape index (κ3) is 3.52. The summed E-state index contributed by atoms with van der Waals surface area (Å²) in [6, 6.07) is 8.43. The number of benzene rings is 1. The van der Waals surface area contributed by atoms with E-state index in [0.29, 0.717) is 11.6 Å². The topological polar surface area (TPSA) is 79.4 Å². The van der Waals surface area contributed by atoms with E-state index in [1.807, 2.05) is 13.2 Å². The summed E-state index contributed by atoms with van der Waals surface area (Å²) < 4.78 is 3.48. The van der Waals surface area contributed by atoms with Gasteiger partial charge in [0.25, 0.3) is 0 Å². The predicted octanol–water partition coefficient (Wildman–Crippen LogP) is 2.02. The van der Waals surface area contributed by atoms with Crippen molar-refractivity contribution >= 4 is 23.0 Å². The fourth-order valence-electron chi connectivity index (χ4n) is 3.57. The molecule has 0 atom stereocenters. The van der Waals surface area contributed by atoms with Crippen molar-refractivity contribution in [1.82, 2.24) is 34.3 Å². The Morgan fingerprint density at radius 2 is 1.79 bits per heavy atom. The smallest absolute Gasteiger partial charge is 0.247 e. The van der Waals surface area contributed by atoms with Crippen LogP contribution in [0.15, 0.2) is 49.1 Å². The number of rotatable bonds is 4. The number of aromatic nitrogens is 6. The highest BCUT2D eigenvalue weighted by molar-refractivity contribution is 5.73. The zero-order chi connectivity index (χ0) is 19.8. The van der Waals surface area contributed by atoms with Crippen molar-refractivity contribution in [2.24, 2.45) is 7.05 Å². The Kier molecular flexibility index (Phi) is 4.36. The number of nitrogens with zero attached hydrogens (tertiary/aromatic N) is 8. The molecule has 1 aromatic carbocycles. The van der Waals surface area contributed by atoms with E-state index in [-0.39, 0.29) is 0 Å². The van der Waals surface area contributed by atoms with Crippen LogP contribution in [0.4, 0.5) is 17.3 Å². The zero-order valence-electron chi connectivity index (χ0n) is 16.5. The molecule has 0 saturated carbocycles. The molecule has 4 aromatic rings. The molecule has 1 aliphatic heterocycles. The van der Waals surface area contributed by atoms with Crippen molar-refractivity contribution in [1.29, 1.82) is 0 Å². The van der Waals surface area contributed by atoms with Crippen molar-refractivity contribution in [3.8, 4) is 11.3 Å². The average Bonchev–Trinajstić information content (AvgIpc) is 3.34. The zero-order valence-corrected chi connectivity index (χ0v) is 16.5. The van der Waals surface area contributed by atoms with E-state index in [1.54, 1.807) is 27.8 Å². The molecule has 1 fully saturated rings. The third-order valence-corrected chi connectivity index (χ3v) is 5.22. The second-order valence-corrected chi connectivity index (χ2v) is 7.34. The standard InChI is InChI=1S/C20H23N9/c1-26-9-11-28(12-10-26)17-5-3-16(4-6-17)23-20-24-19-18(15-13-22-27(2)14-15)21-7-8-29(19)25-20/h3-8,13-14H,9-12H2,1-2H3,(H,23,25). The summed E-state index contributed by atoms with van der Waals surface area (Å²) in [6.07, 6.45) is 7.21. The van der Waals surface area contributed by atoms with Crippen molar-refractivity contribution in [3.05, 3.63) is 49.1 Å². The summed E-state index contributed by atoms with van der Waals surface area (Å²) in [5.41, 5.74) is 4.56. The second-order valence-electron chi connectivity index (χ2n) is 7.34. The fraction of sp³-hybridized carbons (Fsp3) is 0.300. The van der Waals surface area contributed by atoms with Crippen LogP contribution in [0.2, 0.25) is 0 Å². The number of hydrogen-bond donors (Lipinski definition) is 1. The van der Waals surface area contributed by atoms with Crippen LogP contribution in [0.3, 0.4) is 0 Å². The number of nitrogens with one attached hydrogen (secondary N) is 1. The number of fused-ring (bicyclic) bond motifs is 1. The highest BCUT2D eigenvalue weighted by Gasteiger charge is 2.15. The molecule has 0 unspecified atom stereocenters. The lowest BCUT2D eigenvalue weighted by Crippen LogP contribution is -2.44. The van der Waals surface area contributed by atoms with Crippen molar-refractivity contribution in [2.75, 3.05) is 43.4 Å². The van der Waals surface area contributed by atoms with Crippen molar-refractivity contribution in [3.63, 3.8) is 0 Å². The van der Waals surface area contributed by atoms with Gasteiger partial charge in [0.2, 0.25) is 5.95 Å². The first-order valence-electron chi connectivity index (χ1n) is 9.67. The molecule has 9 heteroatoms. The van der Waals surface area contributed by atoms with Gasteiger partial charge in [0.1, 0.15) is 5.69 Å². The summed E-state index contributed by atoms with van der Waals surface area (Å²) in [7, 11) is 4.05. The number of hydrogen-bond acceptors (Lipinski definition) is 7. The van der Waals surface area contributed by atoms with Gasteiger partial charge in [-0.05, 0) is 31.3 Å². The average molecular weight is 389 g/mol. The predicted molar refractivity (Wildman–Crippen MR) is 112 cm³/mol. The largest absolute Gasteiger partial charge is 0.369 e. The van der Waals surface area contributed by atoms with E-state index in [9.17, 15) is 0 Å². The van der Waals surface area contributed by atoms with Crippen LogP contribution in [0, 0.1) is 0 Å². The maximum Gasteiger partial charge on any atom is 0.247 e. The van der Waals surface area contributed by atoms with Crippen molar-refractivity contribution in [2.45, 2.75) is 0 Å². The molecule has 5 rings (SSSR count). The van der Waals surface area contributed by atoms with Crippen LogP contribution >= 0.6 is 0 Å². The molecule has 0 radical (unpaired) electrons. The van der Waals surface area contributed by atoms with Crippen LogP contribution in [0.5, 0.6) is 0 Å². The minimum Gasteiger partial charge on any atom is -0.369 e. The molecule has 1 aliphatic rings. The number of piperazine rings is 1. The lowest BCUT2D eigenvalue weighted by Gasteiger charge is -2.34. The van der Waals surface area contributed by atoms with E-state index < -0.39 is 0 Å². The quantitative estimate of drug-likeness (QED) is 0.572. The van der Waals surface area contributed by atoms with Gasteiger partial charge < -0.3 is 15.1 Å². The normalized spacial score (nSPS) is 15.2. The Labute approximate surface area is 168 Å². The van der Waals surface area contributed by atoms with Gasteiger partial charge in [0.05, 0.1) is 6.20 Å². The van der Waals surface area contributed by atoms with E-state index in [2.05, 4.69) is 66.6 Å². The molecule has 29 heavy (non-hydrogen) atoms. The van der Waals surface area contributed by atoms with Gasteiger partial charge in [-0.2, -0.15) is 10.1 Å². The number of aryl methyl sites for hydroxylation is 1. The maximum absolute atomic E-state index is 4.64. The van der Waals surface area contributed by atoms with E-state index in [0.717, 1.165) is 43.1 Å². The lowest BCUT2D eigenvalue weighted by molar-refractivity contribution is 0.313. The molecular weight excluding hydrogens is 366 g/mol. The first-order valence-corrected chi connectivity index (χ1v) is 9.67. The minimum atomic E-state index is 0.537. The van der Waals surface area contributed by atoms with Crippen LogP contribution in [0.25, 0.3) is 16.9 Å². The molecular formula is C20H23N9. The lowest BCUT2D eigenvalue weighted by atomic mass is 10.2. The molecule has 0 spiro atoms. The summed E-state index contributed by atoms with van der Waals surface area (Å²) in [6.45, 7) is 4.31. The molecule has 148 valence electrons. The van der Waals surface area contributed by atoms with E-state index >= 15 is 0 Å². The first kappa shape index (κ1) is 17.6.